The van der Waals surface area contributed by atoms with Gasteiger partial charge in [0.25, 0.3) is 5.24 Å². The van der Waals surface area contributed by atoms with Gasteiger partial charge in [-0.05, 0) is 17.7 Å². The van der Waals surface area contributed by atoms with Crippen LogP contribution in [0.15, 0.2) is 6.07 Å². The normalized spacial score (nSPS) is 12.4. The van der Waals surface area contributed by atoms with E-state index >= 15 is 0 Å². The molecule has 1 aromatic rings. The molecule has 11 heteroatoms. The monoisotopic (exact) mass is 385 g/mol. The van der Waals surface area contributed by atoms with Crippen LogP contribution in [0.2, 0.25) is 0 Å². The van der Waals surface area contributed by atoms with E-state index in [-0.39, 0.29) is 11.4 Å². The molecule has 20 heavy (non-hydrogen) atoms. The van der Waals surface area contributed by atoms with Gasteiger partial charge in [-0.2, -0.15) is 13.2 Å². The molecule has 0 unspecified atom stereocenters. The summed E-state index contributed by atoms with van der Waals surface area (Å²) in [6, 6.07) is 0.259. The Morgan fingerprint density at radius 3 is 2.20 bits per heavy atom. The Bertz CT molecular complexity index is 530. The van der Waals surface area contributed by atoms with E-state index in [2.05, 4.69) is 25.7 Å². The Labute approximate surface area is 121 Å². The lowest BCUT2D eigenvalue weighted by Gasteiger charge is -2.16. The highest BCUT2D eigenvalue weighted by atomic mass is 79.9. The number of alkyl halides is 7. The van der Waals surface area contributed by atoms with Crippen molar-refractivity contribution in [2.45, 2.75) is 17.9 Å². The number of rotatable bonds is 3. The number of nitrogens with zero attached hydrogens (tertiary/aromatic N) is 1. The molecule has 0 N–H and O–H groups in total. The van der Waals surface area contributed by atoms with Crippen molar-refractivity contribution in [3.8, 4) is 5.75 Å². The lowest BCUT2D eigenvalue weighted by molar-refractivity contribution is -0.276. The Hall–Kier alpha value is -1.03. The maximum Gasteiger partial charge on any atom is 0.573 e. The number of hydrogen-bond donors (Lipinski definition) is 0. The first-order valence-corrected chi connectivity index (χ1v) is 6.08. The van der Waals surface area contributed by atoms with Crippen molar-refractivity contribution in [2.75, 3.05) is 0 Å². The number of pyridine rings is 1. The van der Waals surface area contributed by atoms with Crippen molar-refractivity contribution in [3.05, 3.63) is 23.0 Å². The zero-order chi connectivity index (χ0) is 15.7. The van der Waals surface area contributed by atoms with Crippen molar-refractivity contribution in [1.29, 1.82) is 0 Å². The third kappa shape index (κ3) is 4.23. The van der Waals surface area contributed by atoms with Gasteiger partial charge < -0.3 is 4.74 Å². The van der Waals surface area contributed by atoms with Gasteiger partial charge in [0, 0.05) is 5.33 Å². The third-order valence-corrected chi connectivity index (χ3v) is 2.63. The average molecular weight is 386 g/mol. The largest absolute Gasteiger partial charge is 0.573 e. The van der Waals surface area contributed by atoms with Crippen molar-refractivity contribution in [1.82, 2.24) is 4.98 Å². The van der Waals surface area contributed by atoms with Crippen LogP contribution in [0.3, 0.4) is 0 Å². The molecular formula is C9H3BrClF6NO2. The second-order valence-corrected chi connectivity index (χ2v) is 4.19. The van der Waals surface area contributed by atoms with Crippen LogP contribution in [0.25, 0.3) is 0 Å². The lowest BCUT2D eigenvalue weighted by atomic mass is 10.2. The summed E-state index contributed by atoms with van der Waals surface area (Å²) in [6.45, 7) is 0. The number of carbonyl (C=O) groups excluding carboxylic acids is 1. The minimum Gasteiger partial charge on any atom is -0.403 e. The Kier molecular flexibility index (Phi) is 4.90. The lowest BCUT2D eigenvalue weighted by Crippen LogP contribution is -2.22. The SMILES string of the molecule is O=C(Cl)c1cc(OC(F)(F)F)c(C(F)(F)F)nc1CBr. The van der Waals surface area contributed by atoms with Crippen LogP contribution in [0.4, 0.5) is 26.3 Å². The Morgan fingerprint density at radius 1 is 1.30 bits per heavy atom. The van der Waals surface area contributed by atoms with Crippen molar-refractivity contribution in [3.63, 3.8) is 0 Å². The van der Waals surface area contributed by atoms with Crippen LogP contribution >= 0.6 is 27.5 Å². The highest BCUT2D eigenvalue weighted by Gasteiger charge is 2.42. The predicted molar refractivity (Wildman–Crippen MR) is 58.7 cm³/mol. The summed E-state index contributed by atoms with van der Waals surface area (Å²) in [7, 11) is 0. The molecule has 0 radical (unpaired) electrons. The van der Waals surface area contributed by atoms with E-state index < -0.39 is 40.5 Å². The van der Waals surface area contributed by atoms with Crippen LogP contribution in [0.1, 0.15) is 21.7 Å². The zero-order valence-electron chi connectivity index (χ0n) is 9.07. The van der Waals surface area contributed by atoms with Gasteiger partial charge in [-0.25, -0.2) is 4.98 Å². The fourth-order valence-electron chi connectivity index (χ4n) is 1.21. The number of ether oxygens (including phenoxy) is 1. The number of hydrogen-bond acceptors (Lipinski definition) is 3. The van der Waals surface area contributed by atoms with Crippen LogP contribution in [-0.2, 0) is 11.5 Å². The maximum absolute atomic E-state index is 12.6. The molecule has 0 aliphatic carbocycles. The third-order valence-electron chi connectivity index (χ3n) is 1.90. The number of aromatic nitrogens is 1. The van der Waals surface area contributed by atoms with E-state index in [1.54, 1.807) is 0 Å². The molecule has 1 rings (SSSR count). The predicted octanol–water partition coefficient (Wildman–Crippen LogP) is 4.27. The van der Waals surface area contributed by atoms with Crippen molar-refractivity contribution >= 4 is 32.8 Å². The molecule has 0 amide bonds. The molecule has 0 spiro atoms. The first-order valence-electron chi connectivity index (χ1n) is 4.58. The van der Waals surface area contributed by atoms with Gasteiger partial charge in [-0.15, -0.1) is 13.2 Å². The van der Waals surface area contributed by atoms with E-state index in [1.807, 2.05) is 0 Å². The topological polar surface area (TPSA) is 39.2 Å². The first kappa shape index (κ1) is 17.0. The molecule has 3 nitrogen and oxygen atoms in total. The van der Waals surface area contributed by atoms with Crippen molar-refractivity contribution < 1.29 is 35.9 Å². The molecular weight excluding hydrogens is 383 g/mol. The highest BCUT2D eigenvalue weighted by molar-refractivity contribution is 9.08. The zero-order valence-corrected chi connectivity index (χ0v) is 11.4. The van der Waals surface area contributed by atoms with E-state index in [4.69, 9.17) is 11.6 Å². The summed E-state index contributed by atoms with van der Waals surface area (Å²) in [5.41, 5.74) is -2.96. The van der Waals surface area contributed by atoms with E-state index in [9.17, 15) is 31.1 Å². The molecule has 0 aromatic carbocycles. The summed E-state index contributed by atoms with van der Waals surface area (Å²) >= 11 is 7.84. The summed E-state index contributed by atoms with van der Waals surface area (Å²) in [5.74, 6) is -1.64. The smallest absolute Gasteiger partial charge is 0.403 e. The fraction of sp³-hybridized carbons (Fsp3) is 0.333. The fourth-order valence-corrected chi connectivity index (χ4v) is 1.80. The molecule has 0 saturated heterocycles. The van der Waals surface area contributed by atoms with Crippen LogP contribution in [0.5, 0.6) is 5.75 Å². The highest BCUT2D eigenvalue weighted by Crippen LogP contribution is 2.38. The summed E-state index contributed by atoms with van der Waals surface area (Å²) < 4.78 is 77.4. The van der Waals surface area contributed by atoms with Gasteiger partial charge in [0.1, 0.15) is 0 Å². The van der Waals surface area contributed by atoms with Gasteiger partial charge >= 0.3 is 12.5 Å². The van der Waals surface area contributed by atoms with Crippen LogP contribution in [0, 0.1) is 0 Å². The molecule has 0 aliphatic heterocycles. The van der Waals surface area contributed by atoms with E-state index in [0.717, 1.165) is 0 Å². The number of halogens is 8. The molecule has 0 aliphatic rings. The first-order chi connectivity index (χ1) is 8.95. The van der Waals surface area contributed by atoms with Gasteiger partial charge in [0.15, 0.2) is 11.4 Å². The quantitative estimate of drug-likeness (QED) is 0.442. The van der Waals surface area contributed by atoms with Crippen LogP contribution in [-0.4, -0.2) is 16.6 Å². The Morgan fingerprint density at radius 2 is 1.85 bits per heavy atom. The molecule has 112 valence electrons. The summed E-state index contributed by atoms with van der Waals surface area (Å²) in [6.07, 6.45) is -10.6. The molecule has 0 fully saturated rings. The summed E-state index contributed by atoms with van der Waals surface area (Å²) in [4.78, 5) is 14.0. The molecule has 0 bridgehead atoms. The standard InChI is InChI=1S/C9H3BrClF6NO2/c10-2-4-3(7(11)19)1-5(20-9(15,16)17)6(18-4)8(12,13)14/h1H,2H2. The molecule has 0 saturated carbocycles. The van der Waals surface area contributed by atoms with E-state index in [1.165, 1.54) is 0 Å². The van der Waals surface area contributed by atoms with Gasteiger partial charge in [-0.3, -0.25) is 4.79 Å². The minimum absolute atomic E-state index is 0.259. The maximum atomic E-state index is 12.6. The van der Waals surface area contributed by atoms with Gasteiger partial charge in [-0.1, -0.05) is 15.9 Å². The van der Waals surface area contributed by atoms with Crippen molar-refractivity contribution in [2.24, 2.45) is 0 Å². The second-order valence-electron chi connectivity index (χ2n) is 3.28. The molecule has 1 heterocycles. The summed E-state index contributed by atoms with van der Waals surface area (Å²) in [5, 5.41) is -1.57. The van der Waals surface area contributed by atoms with Gasteiger partial charge in [0.05, 0.1) is 11.3 Å². The Balaban J connectivity index is 3.52. The minimum atomic E-state index is -5.37. The van der Waals surface area contributed by atoms with Gasteiger partial charge in [0.2, 0.25) is 0 Å². The second kappa shape index (κ2) is 5.76. The molecule has 1 aromatic heterocycles. The van der Waals surface area contributed by atoms with E-state index in [0.29, 0.717) is 0 Å². The average Bonchev–Trinajstić information content (AvgIpc) is 2.24. The molecule has 0 atom stereocenters. The number of carbonyl (C=O) groups is 1. The van der Waals surface area contributed by atoms with Crippen LogP contribution < -0.4 is 4.74 Å².